The minimum Gasteiger partial charge on any atom is -0.495 e. The van der Waals surface area contributed by atoms with Crippen molar-refractivity contribution in [2.24, 2.45) is 0 Å². The molecule has 228 valence electrons. The molecule has 4 N–H and O–H groups in total. The molecule has 0 radical (unpaired) electrons. The standard InChI is InChI=1S/C32H32N4O5S3/c1-5-25(43-22-15-11-14-21(18-22)34-32(42)35-23-16-9-10-17-24(23)40-3)28(37)36-30-26(31(39)41-4)19(2)27(44-30)29(38)33-20-12-7-6-8-13-20/h6-18,25H,5H2,1-4H3,(H,33,38)(H,36,37)(H2,34,35,42). The van der Waals surface area contributed by atoms with E-state index in [0.717, 1.165) is 27.6 Å². The highest BCUT2D eigenvalue weighted by atomic mass is 32.2. The molecule has 1 heterocycles. The van der Waals surface area contributed by atoms with Crippen LogP contribution in [-0.4, -0.2) is 42.4 Å². The Labute approximate surface area is 269 Å². The van der Waals surface area contributed by atoms with Gasteiger partial charge >= 0.3 is 5.97 Å². The van der Waals surface area contributed by atoms with Gasteiger partial charge in [-0.25, -0.2) is 4.79 Å². The van der Waals surface area contributed by atoms with E-state index in [-0.39, 0.29) is 22.4 Å². The van der Waals surface area contributed by atoms with Gasteiger partial charge in [0.05, 0.1) is 35.6 Å². The second kappa shape index (κ2) is 15.4. The van der Waals surface area contributed by atoms with Crippen molar-refractivity contribution in [3.63, 3.8) is 0 Å². The zero-order valence-corrected chi connectivity index (χ0v) is 27.0. The summed E-state index contributed by atoms with van der Waals surface area (Å²) in [5.74, 6) is -0.651. The van der Waals surface area contributed by atoms with E-state index in [2.05, 4.69) is 21.3 Å². The lowest BCUT2D eigenvalue weighted by atomic mass is 10.1. The third-order valence-electron chi connectivity index (χ3n) is 6.40. The molecule has 0 bridgehead atoms. The van der Waals surface area contributed by atoms with Crippen LogP contribution in [-0.2, 0) is 9.53 Å². The van der Waals surface area contributed by atoms with Gasteiger partial charge < -0.3 is 30.7 Å². The number of thiophene rings is 1. The van der Waals surface area contributed by atoms with E-state index in [1.165, 1.54) is 18.9 Å². The lowest BCUT2D eigenvalue weighted by Crippen LogP contribution is -2.25. The van der Waals surface area contributed by atoms with Gasteiger partial charge in [-0.15, -0.1) is 23.1 Å². The Kier molecular flexibility index (Phi) is 11.4. The predicted octanol–water partition coefficient (Wildman–Crippen LogP) is 7.42. The van der Waals surface area contributed by atoms with E-state index in [0.29, 0.717) is 33.4 Å². The highest BCUT2D eigenvalue weighted by Gasteiger charge is 2.28. The lowest BCUT2D eigenvalue weighted by molar-refractivity contribution is -0.115. The van der Waals surface area contributed by atoms with Crippen LogP contribution in [0.4, 0.5) is 22.1 Å². The minimum absolute atomic E-state index is 0.158. The van der Waals surface area contributed by atoms with Gasteiger partial charge in [0.1, 0.15) is 10.8 Å². The fourth-order valence-electron chi connectivity index (χ4n) is 4.23. The molecule has 9 nitrogen and oxygen atoms in total. The Morgan fingerprint density at radius 1 is 0.886 bits per heavy atom. The Hall–Kier alpha value is -4.39. The number of esters is 1. The van der Waals surface area contributed by atoms with Crippen LogP contribution in [0.25, 0.3) is 0 Å². The Bertz CT molecular complexity index is 1660. The van der Waals surface area contributed by atoms with Gasteiger partial charge in [0, 0.05) is 16.3 Å². The summed E-state index contributed by atoms with van der Waals surface area (Å²) >= 11 is 7.91. The molecule has 1 aromatic heterocycles. The molecule has 0 aliphatic heterocycles. The molecule has 0 spiro atoms. The highest BCUT2D eigenvalue weighted by molar-refractivity contribution is 8.00. The maximum atomic E-state index is 13.5. The first-order valence-corrected chi connectivity index (χ1v) is 15.7. The van der Waals surface area contributed by atoms with Crippen molar-refractivity contribution in [2.45, 2.75) is 30.4 Å². The van der Waals surface area contributed by atoms with E-state index in [9.17, 15) is 14.4 Å². The van der Waals surface area contributed by atoms with Crippen molar-refractivity contribution >= 4 is 80.3 Å². The van der Waals surface area contributed by atoms with Gasteiger partial charge in [0.25, 0.3) is 5.91 Å². The Morgan fingerprint density at radius 2 is 1.59 bits per heavy atom. The summed E-state index contributed by atoms with van der Waals surface area (Å²) in [4.78, 5) is 40.4. The number of rotatable bonds is 11. The average molecular weight is 649 g/mol. The number of methoxy groups -OCH3 is 2. The molecule has 1 unspecified atom stereocenters. The van der Waals surface area contributed by atoms with Crippen LogP contribution in [0.15, 0.2) is 83.8 Å². The van der Waals surface area contributed by atoms with E-state index < -0.39 is 11.2 Å². The molecular weight excluding hydrogens is 617 g/mol. The first-order chi connectivity index (χ1) is 21.2. The highest BCUT2D eigenvalue weighted by Crippen LogP contribution is 2.36. The van der Waals surface area contributed by atoms with Crippen molar-refractivity contribution in [3.8, 4) is 5.75 Å². The lowest BCUT2D eigenvalue weighted by Gasteiger charge is -2.16. The van der Waals surface area contributed by atoms with E-state index >= 15 is 0 Å². The molecule has 2 amide bonds. The molecule has 0 saturated heterocycles. The number of ether oxygens (including phenoxy) is 2. The number of hydrogen-bond acceptors (Lipinski definition) is 8. The van der Waals surface area contributed by atoms with Gasteiger partial charge in [-0.05, 0) is 73.6 Å². The zero-order valence-electron chi connectivity index (χ0n) is 24.6. The number of hydrogen-bond donors (Lipinski definition) is 4. The second-order valence-corrected chi connectivity index (χ2v) is 12.1. The number of anilines is 4. The zero-order chi connectivity index (χ0) is 31.6. The maximum absolute atomic E-state index is 13.5. The van der Waals surface area contributed by atoms with E-state index in [4.69, 9.17) is 21.7 Å². The van der Waals surface area contributed by atoms with Crippen LogP contribution in [0, 0.1) is 6.92 Å². The van der Waals surface area contributed by atoms with Gasteiger partial charge in [0.15, 0.2) is 5.11 Å². The van der Waals surface area contributed by atoms with Crippen molar-refractivity contribution < 1.29 is 23.9 Å². The van der Waals surface area contributed by atoms with Crippen LogP contribution in [0.1, 0.15) is 38.9 Å². The molecule has 44 heavy (non-hydrogen) atoms. The largest absolute Gasteiger partial charge is 0.495 e. The van der Waals surface area contributed by atoms with Crippen LogP contribution in [0.3, 0.4) is 0 Å². The fraction of sp³-hybridized carbons (Fsp3) is 0.188. The number of nitrogens with one attached hydrogen (secondary N) is 4. The third kappa shape index (κ3) is 8.16. The molecule has 1 atom stereocenters. The molecule has 12 heteroatoms. The number of carbonyl (C=O) groups excluding carboxylic acids is 3. The second-order valence-electron chi connectivity index (χ2n) is 9.38. The van der Waals surface area contributed by atoms with Gasteiger partial charge in [-0.2, -0.15) is 0 Å². The summed E-state index contributed by atoms with van der Waals surface area (Å²) in [6.07, 6.45) is 0.515. The summed E-state index contributed by atoms with van der Waals surface area (Å²) < 4.78 is 10.3. The molecule has 0 fully saturated rings. The smallest absolute Gasteiger partial charge is 0.341 e. The third-order valence-corrected chi connectivity index (χ3v) is 9.17. The van der Waals surface area contributed by atoms with Crippen LogP contribution < -0.4 is 26.0 Å². The predicted molar refractivity (Wildman–Crippen MR) is 183 cm³/mol. The Morgan fingerprint density at radius 3 is 2.30 bits per heavy atom. The van der Waals surface area contributed by atoms with Gasteiger partial charge in [-0.3, -0.25) is 9.59 Å². The minimum atomic E-state index is -0.634. The van der Waals surface area contributed by atoms with Crippen molar-refractivity contribution in [1.82, 2.24) is 0 Å². The summed E-state index contributed by atoms with van der Waals surface area (Å²) in [7, 11) is 2.85. The molecule has 3 aromatic carbocycles. The Balaban J connectivity index is 1.47. The van der Waals surface area contributed by atoms with Crippen LogP contribution in [0.5, 0.6) is 5.75 Å². The van der Waals surface area contributed by atoms with Crippen molar-refractivity contribution in [1.29, 1.82) is 0 Å². The normalized spacial score (nSPS) is 11.2. The molecule has 0 aliphatic rings. The van der Waals surface area contributed by atoms with Crippen LogP contribution >= 0.6 is 35.3 Å². The molecule has 0 saturated carbocycles. The SMILES string of the molecule is CCC(Sc1cccc(NC(=S)Nc2ccccc2OC)c1)C(=O)Nc1sc(C(=O)Nc2ccccc2)c(C)c1C(=O)OC. The summed E-state index contributed by atoms with van der Waals surface area (Å²) in [6.45, 7) is 3.57. The summed E-state index contributed by atoms with van der Waals surface area (Å²) in [6, 6.07) is 24.0. The summed E-state index contributed by atoms with van der Waals surface area (Å²) in [5, 5.41) is 12.2. The van der Waals surface area contributed by atoms with E-state index in [1.807, 2.05) is 73.7 Å². The van der Waals surface area contributed by atoms with Gasteiger partial charge in [-0.1, -0.05) is 43.3 Å². The first kappa shape index (κ1) is 32.5. The average Bonchev–Trinajstić information content (AvgIpc) is 3.35. The molecule has 4 rings (SSSR count). The van der Waals surface area contributed by atoms with Gasteiger partial charge in [0.2, 0.25) is 5.91 Å². The number of amides is 2. The number of para-hydroxylation sites is 3. The van der Waals surface area contributed by atoms with Crippen LogP contribution in [0.2, 0.25) is 0 Å². The molecular formula is C32H32N4O5S3. The number of thioether (sulfide) groups is 1. The number of thiocarbonyl (C=S) groups is 1. The van der Waals surface area contributed by atoms with Crippen molar-refractivity contribution in [2.75, 3.05) is 35.5 Å². The maximum Gasteiger partial charge on any atom is 0.341 e. The topological polar surface area (TPSA) is 118 Å². The number of benzene rings is 3. The molecule has 0 aliphatic carbocycles. The van der Waals surface area contributed by atoms with E-state index in [1.54, 1.807) is 26.2 Å². The van der Waals surface area contributed by atoms with Crippen molar-refractivity contribution in [3.05, 3.63) is 94.9 Å². The fourth-order valence-corrected chi connectivity index (χ4v) is 6.57. The number of carbonyl (C=O) groups is 3. The quantitative estimate of drug-likeness (QED) is 0.0749. The molecule has 4 aromatic rings. The summed E-state index contributed by atoms with van der Waals surface area (Å²) in [5.41, 5.74) is 2.69. The first-order valence-electron chi connectivity index (χ1n) is 13.6. The monoisotopic (exact) mass is 648 g/mol.